The average Bonchev–Trinajstić information content (AvgIpc) is 2.12. The fourth-order valence-corrected chi connectivity index (χ4v) is 1.59. The van der Waals surface area contributed by atoms with Crippen LogP contribution in [0.1, 0.15) is 0 Å². The summed E-state index contributed by atoms with van der Waals surface area (Å²) in [6, 6.07) is 0. The van der Waals surface area contributed by atoms with E-state index in [2.05, 4.69) is 11.3 Å². The summed E-state index contributed by atoms with van der Waals surface area (Å²) in [6.07, 6.45) is 0.775. The summed E-state index contributed by atoms with van der Waals surface area (Å²) >= 11 is 0. The van der Waals surface area contributed by atoms with Gasteiger partial charge in [0.05, 0.1) is 12.2 Å². The first-order chi connectivity index (χ1) is 8.70. The third-order valence-electron chi connectivity index (χ3n) is 2.09. The summed E-state index contributed by atoms with van der Waals surface area (Å²) in [5, 5.41) is 28.1. The maximum absolute atomic E-state index is 11.3. The van der Waals surface area contributed by atoms with Crippen LogP contribution < -0.4 is 11.3 Å². The monoisotopic (exact) mass is 364 g/mol. The summed E-state index contributed by atoms with van der Waals surface area (Å²) in [6.45, 7) is -0.312. The van der Waals surface area contributed by atoms with E-state index >= 15 is 0 Å². The second kappa shape index (κ2) is 17.4. The van der Waals surface area contributed by atoms with Crippen LogP contribution in [-0.4, -0.2) is 153 Å². The molecule has 0 unspecified atom stereocenters. The van der Waals surface area contributed by atoms with E-state index in [0.717, 1.165) is 6.26 Å². The summed E-state index contributed by atoms with van der Waals surface area (Å²) < 4.78 is 3.31. The van der Waals surface area contributed by atoms with Gasteiger partial charge in [0.15, 0.2) is 19.6 Å². The van der Waals surface area contributed by atoms with Crippen molar-refractivity contribution in [3.05, 3.63) is 12.8 Å². The number of carbonyl (C=O) groups excluding carboxylic acids is 2. The van der Waals surface area contributed by atoms with Crippen molar-refractivity contribution in [3.8, 4) is 0 Å². The SMILES string of the molecule is C=COC(=O)C[N+](CC(=O)[O-])(CC(=O)O)CC(=O)O.N.[NaH].[NaH].[NaH]. The second-order valence-corrected chi connectivity index (χ2v) is 3.79. The normalized spacial score (nSPS) is 8.70. The third-order valence-corrected chi connectivity index (χ3v) is 2.09. The zero-order valence-corrected chi connectivity index (χ0v) is 10.6. The van der Waals surface area contributed by atoms with Crippen LogP contribution in [0.4, 0.5) is 0 Å². The van der Waals surface area contributed by atoms with Crippen LogP contribution in [-0.2, 0) is 23.9 Å². The van der Waals surface area contributed by atoms with E-state index in [0.29, 0.717) is 0 Å². The molecule has 0 saturated carbocycles. The van der Waals surface area contributed by atoms with Crippen LogP contribution >= 0.6 is 0 Å². The Bertz CT molecular complexity index is 378. The molecule has 0 aliphatic rings. The van der Waals surface area contributed by atoms with Gasteiger partial charge in [-0.25, -0.2) is 14.4 Å². The summed E-state index contributed by atoms with van der Waals surface area (Å²) in [4.78, 5) is 43.4. The Morgan fingerprint density at radius 1 is 0.957 bits per heavy atom. The van der Waals surface area contributed by atoms with E-state index in [1.54, 1.807) is 0 Å². The molecule has 0 fully saturated rings. The number of nitrogens with zero attached hydrogens (tertiary/aromatic N) is 1. The second-order valence-electron chi connectivity index (χ2n) is 3.79. The minimum atomic E-state index is -1.67. The standard InChI is InChI=1S/C10H13NO8.H3N.3Na.3H/c1-2-19-10(18)6-11(3-7(12)13,4-8(14)15)5-9(16)17;;;;;;;/h2H,1,3-6H2,(H2-,12,13,14,15,16,17);1H3;;;;;;. The van der Waals surface area contributed by atoms with E-state index in [-0.39, 0.29) is 94.8 Å². The number of hydrogen-bond donors (Lipinski definition) is 3. The van der Waals surface area contributed by atoms with E-state index in [9.17, 15) is 24.3 Å². The minimum absolute atomic E-state index is 0. The van der Waals surface area contributed by atoms with Crippen molar-refractivity contribution in [2.45, 2.75) is 0 Å². The number of hydrogen-bond acceptors (Lipinski definition) is 7. The van der Waals surface area contributed by atoms with E-state index in [4.69, 9.17) is 10.2 Å². The average molecular weight is 364 g/mol. The Labute approximate surface area is 199 Å². The van der Waals surface area contributed by atoms with Gasteiger partial charge in [0.1, 0.15) is 6.54 Å². The molecule has 0 saturated heterocycles. The molecule has 5 N–H and O–H groups in total. The number of ether oxygens (including phenoxy) is 1. The van der Waals surface area contributed by atoms with Gasteiger partial charge in [0.2, 0.25) is 0 Å². The van der Waals surface area contributed by atoms with Crippen molar-refractivity contribution >= 4 is 113 Å². The summed E-state index contributed by atoms with van der Waals surface area (Å²) in [5.74, 6) is -5.56. The number of carboxylic acid groups (broad SMARTS) is 3. The molecule has 13 heteroatoms. The molecular weight excluding hydrogens is 345 g/mol. The molecule has 0 bridgehead atoms. The number of carbonyl (C=O) groups is 4. The van der Waals surface area contributed by atoms with Crippen molar-refractivity contribution in [2.75, 3.05) is 26.2 Å². The molecule has 0 aromatic carbocycles. The Kier molecular flexibility index (Phi) is 26.3. The van der Waals surface area contributed by atoms with Gasteiger partial charge in [-0.05, 0) is 0 Å². The van der Waals surface area contributed by atoms with Crippen LogP contribution in [0.15, 0.2) is 12.8 Å². The van der Waals surface area contributed by atoms with Crippen LogP contribution in [0.25, 0.3) is 0 Å². The molecule has 0 rings (SSSR count). The van der Waals surface area contributed by atoms with Gasteiger partial charge in [0.25, 0.3) is 0 Å². The number of aliphatic carboxylic acids is 3. The molecule has 0 radical (unpaired) electrons. The Morgan fingerprint density at radius 2 is 1.35 bits per heavy atom. The summed E-state index contributed by atoms with van der Waals surface area (Å²) in [7, 11) is 0. The van der Waals surface area contributed by atoms with E-state index < -0.39 is 54.5 Å². The number of quaternary nitrogens is 1. The van der Waals surface area contributed by atoms with Gasteiger partial charge in [-0.3, -0.25) is 4.48 Å². The van der Waals surface area contributed by atoms with Crippen LogP contribution in [0, 0.1) is 0 Å². The first kappa shape index (κ1) is 34.8. The maximum atomic E-state index is 11.3. The van der Waals surface area contributed by atoms with Gasteiger partial charge < -0.3 is 31.0 Å². The van der Waals surface area contributed by atoms with E-state index in [1.807, 2.05) is 0 Å². The Balaban J connectivity index is -0.000000270. The van der Waals surface area contributed by atoms with Gasteiger partial charge in [-0.1, -0.05) is 6.58 Å². The summed E-state index contributed by atoms with van der Waals surface area (Å²) in [5.41, 5.74) is 0. The molecule has 120 valence electrons. The number of carboxylic acids is 3. The molecule has 10 nitrogen and oxygen atoms in total. The fraction of sp³-hybridized carbons (Fsp3) is 0.400. The molecule has 0 spiro atoms. The number of rotatable bonds is 9. The van der Waals surface area contributed by atoms with Crippen molar-refractivity contribution in [2.24, 2.45) is 0 Å². The molecule has 0 aromatic heterocycles. The molecule has 0 heterocycles. The molecule has 0 aliphatic carbocycles. The van der Waals surface area contributed by atoms with Crippen molar-refractivity contribution < 1.29 is 43.7 Å². The zero-order chi connectivity index (χ0) is 15.1. The van der Waals surface area contributed by atoms with Gasteiger partial charge in [0, 0.05) is 0 Å². The molecule has 0 amide bonds. The van der Waals surface area contributed by atoms with Crippen molar-refractivity contribution in [3.63, 3.8) is 0 Å². The first-order valence-corrected chi connectivity index (χ1v) is 5.00. The fourth-order valence-electron chi connectivity index (χ4n) is 1.59. The molecular formula is C10H19N2Na3O8. The van der Waals surface area contributed by atoms with Gasteiger partial charge >= 0.3 is 107 Å². The Morgan fingerprint density at radius 3 is 1.61 bits per heavy atom. The zero-order valence-electron chi connectivity index (χ0n) is 10.6. The quantitative estimate of drug-likeness (QED) is 0.158. The molecule has 0 aliphatic heterocycles. The number of esters is 1. The first-order valence-electron chi connectivity index (χ1n) is 5.00. The van der Waals surface area contributed by atoms with Crippen LogP contribution in [0.2, 0.25) is 0 Å². The third kappa shape index (κ3) is 17.2. The van der Waals surface area contributed by atoms with Crippen LogP contribution in [0.3, 0.4) is 0 Å². The predicted octanol–water partition coefficient (Wildman–Crippen LogP) is -4.37. The molecule has 0 atom stereocenters. The Hall–Kier alpha value is 0.540. The molecule has 23 heavy (non-hydrogen) atoms. The van der Waals surface area contributed by atoms with Gasteiger partial charge in [-0.2, -0.15) is 0 Å². The van der Waals surface area contributed by atoms with E-state index in [1.165, 1.54) is 0 Å². The van der Waals surface area contributed by atoms with Crippen LogP contribution in [0.5, 0.6) is 0 Å². The molecule has 0 aromatic rings. The predicted molar refractivity (Wildman–Crippen MR) is 82.8 cm³/mol. The topological polar surface area (TPSA) is 176 Å². The van der Waals surface area contributed by atoms with Crippen molar-refractivity contribution in [1.82, 2.24) is 6.15 Å². The van der Waals surface area contributed by atoms with Crippen molar-refractivity contribution in [1.29, 1.82) is 0 Å². The van der Waals surface area contributed by atoms with Gasteiger partial charge in [-0.15, -0.1) is 0 Å².